The highest BCUT2D eigenvalue weighted by atomic mass is 79.9. The molecule has 2 aromatic rings. The maximum Gasteiger partial charge on any atom is 0.573 e. The van der Waals surface area contributed by atoms with E-state index in [9.17, 15) is 13.2 Å². The molecule has 0 atom stereocenters. The van der Waals surface area contributed by atoms with Crippen LogP contribution in [0.3, 0.4) is 0 Å². The van der Waals surface area contributed by atoms with Crippen LogP contribution in [0.15, 0.2) is 22.8 Å². The Kier molecular flexibility index (Phi) is 3.84. The first-order valence-corrected chi connectivity index (χ1v) is 7.62. The lowest BCUT2D eigenvalue weighted by Gasteiger charge is -2.14. The number of benzene rings is 1. The Morgan fingerprint density at radius 3 is 2.65 bits per heavy atom. The zero-order valence-corrected chi connectivity index (χ0v) is 13.6. The van der Waals surface area contributed by atoms with E-state index in [0.29, 0.717) is 16.3 Å². The fourth-order valence-corrected chi connectivity index (χ4v) is 3.26. The van der Waals surface area contributed by atoms with Gasteiger partial charge in [-0.05, 0) is 47.0 Å². The summed E-state index contributed by atoms with van der Waals surface area (Å²) in [5.74, 6) is 0.308. The van der Waals surface area contributed by atoms with Crippen molar-refractivity contribution in [1.82, 2.24) is 9.55 Å². The van der Waals surface area contributed by atoms with Crippen LogP contribution in [0.25, 0.3) is 11.4 Å². The molecule has 120 valence electrons. The van der Waals surface area contributed by atoms with Gasteiger partial charge in [0.2, 0.25) is 0 Å². The zero-order chi connectivity index (χ0) is 16.8. The number of nitriles is 1. The molecule has 0 amide bonds. The summed E-state index contributed by atoms with van der Waals surface area (Å²) >= 11 is 3.37. The van der Waals surface area contributed by atoms with E-state index >= 15 is 0 Å². The van der Waals surface area contributed by atoms with Crippen molar-refractivity contribution in [3.63, 3.8) is 0 Å². The number of hydrogen-bond donors (Lipinski definition) is 0. The monoisotopic (exact) mass is 385 g/mol. The minimum atomic E-state index is -4.84. The van der Waals surface area contributed by atoms with Gasteiger partial charge in [0.1, 0.15) is 16.2 Å². The Morgan fingerprint density at radius 2 is 2.09 bits per heavy atom. The number of aromatic nitrogens is 2. The molecule has 1 heterocycles. The predicted octanol–water partition coefficient (Wildman–Crippen LogP) is 4.50. The molecule has 0 spiro atoms. The van der Waals surface area contributed by atoms with E-state index in [1.165, 1.54) is 12.1 Å². The summed E-state index contributed by atoms with van der Waals surface area (Å²) in [4.78, 5) is 4.34. The fourth-order valence-electron chi connectivity index (χ4n) is 2.50. The average Bonchev–Trinajstić information content (AvgIpc) is 3.24. The molecule has 1 saturated carbocycles. The molecule has 1 aromatic heterocycles. The first-order valence-electron chi connectivity index (χ1n) is 6.82. The van der Waals surface area contributed by atoms with E-state index < -0.39 is 12.1 Å². The quantitative estimate of drug-likeness (QED) is 0.781. The lowest BCUT2D eigenvalue weighted by Crippen LogP contribution is -2.18. The van der Waals surface area contributed by atoms with Crippen molar-refractivity contribution in [2.75, 3.05) is 0 Å². The summed E-state index contributed by atoms with van der Waals surface area (Å²) in [6.45, 7) is 0. The number of rotatable bonds is 3. The highest BCUT2D eigenvalue weighted by Gasteiger charge is 2.34. The smallest absolute Gasteiger partial charge is 0.405 e. The molecule has 8 heteroatoms. The van der Waals surface area contributed by atoms with Crippen LogP contribution in [0, 0.1) is 11.3 Å². The minimum Gasteiger partial charge on any atom is -0.405 e. The number of alkyl halides is 3. The van der Waals surface area contributed by atoms with Crippen LogP contribution in [-0.2, 0) is 7.05 Å². The highest BCUT2D eigenvalue weighted by molar-refractivity contribution is 9.10. The van der Waals surface area contributed by atoms with Crippen LogP contribution in [0.1, 0.15) is 30.0 Å². The van der Waals surface area contributed by atoms with Gasteiger partial charge >= 0.3 is 6.36 Å². The molecule has 3 rings (SSSR count). The molecule has 0 bridgehead atoms. The van der Waals surface area contributed by atoms with E-state index in [1.54, 1.807) is 11.6 Å². The summed E-state index contributed by atoms with van der Waals surface area (Å²) < 4.78 is 44.4. The van der Waals surface area contributed by atoms with E-state index in [4.69, 9.17) is 5.26 Å². The SMILES string of the molecule is Cn1c(-c2ccc(C#N)cc2OC(F)(F)F)nc(Br)c1C1CC1. The van der Waals surface area contributed by atoms with Crippen molar-refractivity contribution in [3.8, 4) is 23.2 Å². The molecule has 0 aliphatic heterocycles. The summed E-state index contributed by atoms with van der Waals surface area (Å²) in [5.41, 5.74) is 1.24. The Morgan fingerprint density at radius 1 is 1.39 bits per heavy atom. The Hall–Kier alpha value is -2.01. The molecule has 0 unspecified atom stereocenters. The number of hydrogen-bond acceptors (Lipinski definition) is 3. The van der Waals surface area contributed by atoms with Crippen LogP contribution in [0.2, 0.25) is 0 Å². The molecule has 1 aliphatic carbocycles. The number of halogens is 4. The lowest BCUT2D eigenvalue weighted by molar-refractivity contribution is -0.274. The van der Waals surface area contributed by atoms with Crippen LogP contribution in [0.5, 0.6) is 5.75 Å². The topological polar surface area (TPSA) is 50.8 Å². The maximum atomic E-state index is 12.7. The molecule has 0 radical (unpaired) electrons. The van der Waals surface area contributed by atoms with Crippen molar-refractivity contribution in [2.24, 2.45) is 7.05 Å². The molecular formula is C15H11BrF3N3O. The first-order chi connectivity index (χ1) is 10.8. The van der Waals surface area contributed by atoms with Gasteiger partial charge in [-0.15, -0.1) is 13.2 Å². The second kappa shape index (κ2) is 5.57. The average molecular weight is 386 g/mol. The van der Waals surface area contributed by atoms with E-state index in [2.05, 4.69) is 25.7 Å². The molecular weight excluding hydrogens is 375 g/mol. The van der Waals surface area contributed by atoms with Crippen molar-refractivity contribution < 1.29 is 17.9 Å². The summed E-state index contributed by atoms with van der Waals surface area (Å²) in [6, 6.07) is 5.74. The van der Waals surface area contributed by atoms with Gasteiger partial charge in [0, 0.05) is 13.0 Å². The fraction of sp³-hybridized carbons (Fsp3) is 0.333. The highest BCUT2D eigenvalue weighted by Crippen LogP contribution is 2.45. The molecule has 23 heavy (non-hydrogen) atoms. The standard InChI is InChI=1S/C15H11BrF3N3O/c1-22-12(9-3-4-9)13(16)21-14(22)10-5-2-8(7-20)6-11(10)23-15(17,18)19/h2,5-6,9H,3-4H2,1H3. The maximum absolute atomic E-state index is 12.7. The molecule has 1 aliphatic rings. The third-order valence-corrected chi connectivity index (χ3v) is 4.22. The Labute approximate surface area is 138 Å². The van der Waals surface area contributed by atoms with Crippen LogP contribution >= 0.6 is 15.9 Å². The van der Waals surface area contributed by atoms with Crippen molar-refractivity contribution in [3.05, 3.63) is 34.1 Å². The summed E-state index contributed by atoms with van der Waals surface area (Å²) in [7, 11) is 1.76. The van der Waals surface area contributed by atoms with Gasteiger partial charge < -0.3 is 9.30 Å². The number of nitrogens with zero attached hydrogens (tertiary/aromatic N) is 3. The zero-order valence-electron chi connectivity index (χ0n) is 12.0. The van der Waals surface area contributed by atoms with Gasteiger partial charge in [0.25, 0.3) is 0 Å². The normalized spacial score (nSPS) is 14.6. The lowest BCUT2D eigenvalue weighted by atomic mass is 10.1. The van der Waals surface area contributed by atoms with Crippen molar-refractivity contribution in [1.29, 1.82) is 5.26 Å². The third kappa shape index (κ3) is 3.20. The minimum absolute atomic E-state index is 0.0868. The number of imidazole rings is 1. The van der Waals surface area contributed by atoms with Gasteiger partial charge in [0.05, 0.1) is 22.9 Å². The van der Waals surface area contributed by atoms with Crippen LogP contribution in [0.4, 0.5) is 13.2 Å². The van der Waals surface area contributed by atoms with Crippen molar-refractivity contribution >= 4 is 15.9 Å². The van der Waals surface area contributed by atoms with Gasteiger partial charge in [-0.2, -0.15) is 5.26 Å². The third-order valence-electron chi connectivity index (χ3n) is 3.64. The van der Waals surface area contributed by atoms with Crippen LogP contribution in [-0.4, -0.2) is 15.9 Å². The first kappa shape index (κ1) is 15.9. The van der Waals surface area contributed by atoms with Gasteiger partial charge in [-0.3, -0.25) is 0 Å². The molecule has 1 aromatic carbocycles. The predicted molar refractivity (Wildman–Crippen MR) is 79.7 cm³/mol. The van der Waals surface area contributed by atoms with Crippen molar-refractivity contribution in [2.45, 2.75) is 25.1 Å². The van der Waals surface area contributed by atoms with Gasteiger partial charge in [-0.1, -0.05) is 0 Å². The van der Waals surface area contributed by atoms with Gasteiger partial charge in [-0.25, -0.2) is 4.98 Å². The molecule has 1 fully saturated rings. The summed E-state index contributed by atoms with van der Waals surface area (Å²) in [6.07, 6.45) is -2.77. The Balaban J connectivity index is 2.12. The molecule has 4 nitrogen and oxygen atoms in total. The second-order valence-corrected chi connectivity index (χ2v) is 6.07. The largest absolute Gasteiger partial charge is 0.573 e. The second-order valence-electron chi connectivity index (χ2n) is 5.32. The molecule has 0 N–H and O–H groups in total. The van der Waals surface area contributed by atoms with Gasteiger partial charge in [0.15, 0.2) is 0 Å². The summed E-state index contributed by atoms with van der Waals surface area (Å²) in [5, 5.41) is 8.89. The van der Waals surface area contributed by atoms with Crippen LogP contribution < -0.4 is 4.74 Å². The number of ether oxygens (including phenoxy) is 1. The Bertz CT molecular complexity index is 804. The molecule has 0 saturated heterocycles. The van der Waals surface area contributed by atoms with E-state index in [1.807, 2.05) is 6.07 Å². The van der Waals surface area contributed by atoms with E-state index in [0.717, 1.165) is 24.6 Å². The van der Waals surface area contributed by atoms with E-state index in [-0.39, 0.29) is 11.1 Å².